The average Bonchev–Trinajstić information content (AvgIpc) is 3.01. The number of aromatic nitrogens is 1. The lowest BCUT2D eigenvalue weighted by Gasteiger charge is -2.37. The van der Waals surface area contributed by atoms with Gasteiger partial charge in [0, 0.05) is 68.0 Å². The second-order valence-corrected chi connectivity index (χ2v) is 9.54. The number of piperazine rings is 1. The first-order valence-electron chi connectivity index (χ1n) is 10.4. The van der Waals surface area contributed by atoms with Crippen molar-refractivity contribution in [2.45, 2.75) is 40.3 Å². The molecule has 5 nitrogen and oxygen atoms in total. The Kier molecular flexibility index (Phi) is 6.15. The molecule has 2 aromatic rings. The van der Waals surface area contributed by atoms with Crippen molar-refractivity contribution >= 4 is 16.8 Å². The summed E-state index contributed by atoms with van der Waals surface area (Å²) in [6.07, 6.45) is 2.15. The highest BCUT2D eigenvalue weighted by Gasteiger charge is 2.24. The summed E-state index contributed by atoms with van der Waals surface area (Å²) in [6.45, 7) is 14.6. The van der Waals surface area contributed by atoms with Gasteiger partial charge < -0.3 is 14.4 Å². The molecule has 0 atom stereocenters. The fraction of sp³-hybridized carbons (Fsp3) is 0.609. The van der Waals surface area contributed by atoms with Gasteiger partial charge in [-0.2, -0.15) is 0 Å². The minimum Gasteiger partial charge on any atom is -0.347 e. The van der Waals surface area contributed by atoms with E-state index < -0.39 is 0 Å². The minimum atomic E-state index is 0.158. The van der Waals surface area contributed by atoms with Crippen molar-refractivity contribution in [1.82, 2.24) is 19.3 Å². The molecule has 1 aromatic carbocycles. The van der Waals surface area contributed by atoms with Gasteiger partial charge in [0.1, 0.15) is 0 Å². The Morgan fingerprint density at radius 3 is 2.39 bits per heavy atom. The molecule has 5 heteroatoms. The van der Waals surface area contributed by atoms with E-state index in [4.69, 9.17) is 0 Å². The minimum absolute atomic E-state index is 0.158. The van der Waals surface area contributed by atoms with Crippen molar-refractivity contribution in [2.75, 3.05) is 46.8 Å². The zero-order chi connectivity index (χ0) is 20.5. The van der Waals surface area contributed by atoms with Gasteiger partial charge >= 0.3 is 0 Å². The van der Waals surface area contributed by atoms with Crippen molar-refractivity contribution in [3.05, 3.63) is 36.0 Å². The number of fused-ring (bicyclic) bond motifs is 1. The summed E-state index contributed by atoms with van der Waals surface area (Å²) in [4.78, 5) is 19.6. The van der Waals surface area contributed by atoms with E-state index in [1.54, 1.807) is 0 Å². The van der Waals surface area contributed by atoms with Crippen LogP contribution in [0.1, 0.15) is 38.1 Å². The predicted octanol–water partition coefficient (Wildman–Crippen LogP) is 3.40. The summed E-state index contributed by atoms with van der Waals surface area (Å²) >= 11 is 0. The van der Waals surface area contributed by atoms with Gasteiger partial charge in [0.25, 0.3) is 5.91 Å². The molecule has 1 amide bonds. The molecule has 0 N–H and O–H groups in total. The highest BCUT2D eigenvalue weighted by atomic mass is 16.2. The molecule has 154 valence electrons. The molecular formula is C23H36N4O. The third-order valence-corrected chi connectivity index (χ3v) is 5.69. The quantitative estimate of drug-likeness (QED) is 0.765. The molecule has 2 heterocycles. The van der Waals surface area contributed by atoms with Crippen LogP contribution in [-0.4, -0.2) is 78.0 Å². The lowest BCUT2D eigenvalue weighted by molar-refractivity contribution is 0.0595. The van der Waals surface area contributed by atoms with Crippen LogP contribution in [0.15, 0.2) is 30.5 Å². The van der Waals surface area contributed by atoms with E-state index in [2.05, 4.69) is 80.6 Å². The lowest BCUT2D eigenvalue weighted by atomic mass is 9.93. The molecule has 0 radical (unpaired) electrons. The maximum Gasteiger partial charge on any atom is 0.253 e. The number of amides is 1. The highest BCUT2D eigenvalue weighted by molar-refractivity contribution is 5.98. The summed E-state index contributed by atoms with van der Waals surface area (Å²) in [6, 6.07) is 8.84. The van der Waals surface area contributed by atoms with Crippen LogP contribution >= 0.6 is 0 Å². The maximum atomic E-state index is 13.0. The Morgan fingerprint density at radius 2 is 1.79 bits per heavy atom. The van der Waals surface area contributed by atoms with Crippen LogP contribution in [0.3, 0.4) is 0 Å². The van der Waals surface area contributed by atoms with Crippen LogP contribution in [0.4, 0.5) is 0 Å². The summed E-state index contributed by atoms with van der Waals surface area (Å²) in [5.74, 6) is 0.158. The Balaban J connectivity index is 1.72. The fourth-order valence-corrected chi connectivity index (χ4v) is 4.46. The largest absolute Gasteiger partial charge is 0.347 e. The number of carbonyl (C=O) groups excluding carboxylic acids is 1. The Bertz CT molecular complexity index is 813. The van der Waals surface area contributed by atoms with Gasteiger partial charge in [0.05, 0.1) is 0 Å². The molecule has 0 saturated carbocycles. The molecular weight excluding hydrogens is 348 g/mol. The second kappa shape index (κ2) is 8.26. The van der Waals surface area contributed by atoms with E-state index in [9.17, 15) is 4.79 Å². The standard InChI is InChI=1S/C23H36N4O/c1-18(2)25-11-13-26(14-12-25)22(28)20-7-8-21-19(15-20)9-10-27(21)17-23(3,4)16-24(5)6/h7-10,15,18H,11-14,16-17H2,1-6H3. The molecule has 1 saturated heterocycles. The Morgan fingerprint density at radius 1 is 1.11 bits per heavy atom. The fourth-order valence-electron chi connectivity index (χ4n) is 4.46. The number of nitrogens with zero attached hydrogens (tertiary/aromatic N) is 4. The Labute approximate surface area is 169 Å². The van der Waals surface area contributed by atoms with Crippen LogP contribution in [0.2, 0.25) is 0 Å². The smallest absolute Gasteiger partial charge is 0.253 e. The van der Waals surface area contributed by atoms with E-state index in [1.165, 1.54) is 5.52 Å². The van der Waals surface area contributed by atoms with Crippen LogP contribution in [0.5, 0.6) is 0 Å². The summed E-state index contributed by atoms with van der Waals surface area (Å²) in [5, 5.41) is 1.15. The molecule has 0 unspecified atom stereocenters. The molecule has 1 aromatic heterocycles. The molecule has 28 heavy (non-hydrogen) atoms. The third kappa shape index (κ3) is 4.76. The predicted molar refractivity (Wildman–Crippen MR) is 117 cm³/mol. The first-order valence-corrected chi connectivity index (χ1v) is 10.4. The number of hydrogen-bond acceptors (Lipinski definition) is 3. The van der Waals surface area contributed by atoms with Gasteiger partial charge in [-0.05, 0) is 57.6 Å². The molecule has 0 spiro atoms. The SMILES string of the molecule is CC(C)N1CCN(C(=O)c2ccc3c(ccn3CC(C)(C)CN(C)C)c2)CC1. The van der Waals surface area contributed by atoms with Crippen molar-refractivity contribution < 1.29 is 4.79 Å². The van der Waals surface area contributed by atoms with Crippen LogP contribution < -0.4 is 0 Å². The van der Waals surface area contributed by atoms with Gasteiger partial charge in [-0.15, -0.1) is 0 Å². The molecule has 1 aliphatic rings. The molecule has 3 rings (SSSR count). The zero-order valence-corrected chi connectivity index (χ0v) is 18.4. The molecule has 1 aliphatic heterocycles. The van der Waals surface area contributed by atoms with Crippen LogP contribution in [0.25, 0.3) is 10.9 Å². The van der Waals surface area contributed by atoms with Gasteiger partial charge in [0.2, 0.25) is 0 Å². The van der Waals surface area contributed by atoms with Gasteiger partial charge in [0.15, 0.2) is 0 Å². The van der Waals surface area contributed by atoms with Crippen molar-refractivity contribution in [2.24, 2.45) is 5.41 Å². The van der Waals surface area contributed by atoms with Crippen molar-refractivity contribution in [3.63, 3.8) is 0 Å². The van der Waals surface area contributed by atoms with Gasteiger partial charge in [-0.1, -0.05) is 13.8 Å². The average molecular weight is 385 g/mol. The van der Waals surface area contributed by atoms with Crippen molar-refractivity contribution in [3.8, 4) is 0 Å². The molecule has 0 aliphatic carbocycles. The van der Waals surface area contributed by atoms with E-state index in [1.807, 2.05) is 11.0 Å². The first-order chi connectivity index (χ1) is 13.2. The molecule has 0 bridgehead atoms. The van der Waals surface area contributed by atoms with E-state index >= 15 is 0 Å². The maximum absolute atomic E-state index is 13.0. The lowest BCUT2D eigenvalue weighted by Crippen LogP contribution is -2.50. The van der Waals surface area contributed by atoms with Crippen molar-refractivity contribution in [1.29, 1.82) is 0 Å². The van der Waals surface area contributed by atoms with Gasteiger partial charge in [-0.3, -0.25) is 9.69 Å². The van der Waals surface area contributed by atoms with Crippen LogP contribution in [0, 0.1) is 5.41 Å². The van der Waals surface area contributed by atoms with Crippen LogP contribution in [-0.2, 0) is 6.54 Å². The monoisotopic (exact) mass is 384 g/mol. The number of benzene rings is 1. The van der Waals surface area contributed by atoms with Gasteiger partial charge in [-0.25, -0.2) is 0 Å². The zero-order valence-electron chi connectivity index (χ0n) is 18.4. The number of rotatable bonds is 6. The topological polar surface area (TPSA) is 31.7 Å². The summed E-state index contributed by atoms with van der Waals surface area (Å²) in [5.41, 5.74) is 2.18. The van der Waals surface area contributed by atoms with E-state index in [-0.39, 0.29) is 11.3 Å². The summed E-state index contributed by atoms with van der Waals surface area (Å²) in [7, 11) is 4.24. The molecule has 1 fully saturated rings. The second-order valence-electron chi connectivity index (χ2n) is 9.54. The van der Waals surface area contributed by atoms with E-state index in [0.29, 0.717) is 6.04 Å². The summed E-state index contributed by atoms with van der Waals surface area (Å²) < 4.78 is 2.31. The first kappa shape index (κ1) is 20.9. The normalized spacial score (nSPS) is 16.5. The van der Waals surface area contributed by atoms with E-state index in [0.717, 1.165) is 50.2 Å². The highest BCUT2D eigenvalue weighted by Crippen LogP contribution is 2.25. The third-order valence-electron chi connectivity index (χ3n) is 5.69. The number of hydrogen-bond donors (Lipinski definition) is 0. The number of carbonyl (C=O) groups is 1. The Hall–Kier alpha value is -1.85.